The second-order valence-corrected chi connectivity index (χ2v) is 8.09. The van der Waals surface area contributed by atoms with Gasteiger partial charge in [0.15, 0.2) is 4.77 Å². The number of hydrogen-bond acceptors (Lipinski definition) is 3. The van der Waals surface area contributed by atoms with Gasteiger partial charge in [0.05, 0.1) is 10.9 Å². The van der Waals surface area contributed by atoms with Crippen molar-refractivity contribution in [1.29, 1.82) is 0 Å². The number of likely N-dealkylation sites (tertiary alicyclic amines) is 1. The average Bonchev–Trinajstić information content (AvgIpc) is 2.67. The monoisotopic (exact) mass is 357 g/mol. The molecule has 1 aliphatic heterocycles. The molecule has 2 fully saturated rings. The summed E-state index contributed by atoms with van der Waals surface area (Å²) in [5.74, 6) is 0. The lowest BCUT2D eigenvalue weighted by Crippen LogP contribution is -2.55. The van der Waals surface area contributed by atoms with Crippen LogP contribution in [0.4, 0.5) is 0 Å². The molecule has 1 saturated heterocycles. The molecular formula is C20H27N3OS. The Labute approximate surface area is 153 Å². The lowest BCUT2D eigenvalue weighted by molar-refractivity contribution is 0.0184. The quantitative estimate of drug-likeness (QED) is 0.835. The van der Waals surface area contributed by atoms with Gasteiger partial charge in [0.2, 0.25) is 0 Å². The molecule has 4 nitrogen and oxygen atoms in total. The van der Waals surface area contributed by atoms with Crippen LogP contribution in [0.15, 0.2) is 29.1 Å². The normalized spacial score (nSPS) is 21.4. The molecule has 0 bridgehead atoms. The summed E-state index contributed by atoms with van der Waals surface area (Å²) >= 11 is 5.58. The van der Waals surface area contributed by atoms with Crippen LogP contribution in [0.2, 0.25) is 0 Å². The van der Waals surface area contributed by atoms with Gasteiger partial charge in [-0.05, 0) is 63.1 Å². The fourth-order valence-corrected chi connectivity index (χ4v) is 5.05. The standard InChI is InChI=1S/C20H27N3OS/c24-18-16-9-3-4-10-17(16)21-19(25)23(18)15-20(11-5-1-6-12-20)22-13-7-2-8-14-22/h3-4,9-10H,1-2,5-8,11-15H2,(H,21,25). The van der Waals surface area contributed by atoms with E-state index in [1.165, 1.54) is 64.5 Å². The van der Waals surface area contributed by atoms with Crippen LogP contribution >= 0.6 is 12.2 Å². The Bertz CT molecular complexity index is 857. The number of para-hydroxylation sites is 1. The highest BCUT2D eigenvalue weighted by atomic mass is 32.1. The molecule has 0 unspecified atom stereocenters. The Morgan fingerprint density at radius 1 is 1.00 bits per heavy atom. The molecule has 2 aromatic rings. The number of aromatic amines is 1. The van der Waals surface area contributed by atoms with Crippen molar-refractivity contribution >= 4 is 23.1 Å². The van der Waals surface area contributed by atoms with Crippen molar-refractivity contribution in [2.24, 2.45) is 0 Å². The highest BCUT2D eigenvalue weighted by Crippen LogP contribution is 2.36. The summed E-state index contributed by atoms with van der Waals surface area (Å²) in [5, 5.41) is 0.737. The van der Waals surface area contributed by atoms with Gasteiger partial charge in [-0.15, -0.1) is 0 Å². The van der Waals surface area contributed by atoms with E-state index in [4.69, 9.17) is 12.2 Å². The highest BCUT2D eigenvalue weighted by Gasteiger charge is 2.39. The van der Waals surface area contributed by atoms with E-state index in [9.17, 15) is 4.79 Å². The van der Waals surface area contributed by atoms with Crippen molar-refractivity contribution in [1.82, 2.24) is 14.5 Å². The fraction of sp³-hybridized carbons (Fsp3) is 0.600. The van der Waals surface area contributed by atoms with Crippen LogP contribution in [0.3, 0.4) is 0 Å². The summed E-state index contributed by atoms with van der Waals surface area (Å²) in [5.41, 5.74) is 0.998. The van der Waals surface area contributed by atoms with Crippen LogP contribution in [0.1, 0.15) is 51.4 Å². The molecule has 1 aliphatic carbocycles. The van der Waals surface area contributed by atoms with Crippen molar-refractivity contribution in [3.63, 3.8) is 0 Å². The van der Waals surface area contributed by atoms with E-state index in [-0.39, 0.29) is 11.1 Å². The zero-order chi connectivity index (χ0) is 17.3. The van der Waals surface area contributed by atoms with Crippen molar-refractivity contribution in [3.05, 3.63) is 39.4 Å². The van der Waals surface area contributed by atoms with Crippen molar-refractivity contribution in [3.8, 4) is 0 Å². The van der Waals surface area contributed by atoms with Crippen LogP contribution in [0.5, 0.6) is 0 Å². The summed E-state index contributed by atoms with van der Waals surface area (Å²) in [6.07, 6.45) is 10.1. The number of piperidine rings is 1. The molecule has 0 atom stereocenters. The van der Waals surface area contributed by atoms with Gasteiger partial charge in [-0.2, -0.15) is 0 Å². The van der Waals surface area contributed by atoms with Crippen molar-refractivity contribution < 1.29 is 0 Å². The van der Waals surface area contributed by atoms with Crippen LogP contribution in [0.25, 0.3) is 10.9 Å². The van der Waals surface area contributed by atoms with E-state index in [0.29, 0.717) is 4.77 Å². The third-order valence-corrected chi connectivity index (χ3v) is 6.48. The Hall–Kier alpha value is -1.46. The number of benzene rings is 1. The molecule has 2 heterocycles. The van der Waals surface area contributed by atoms with E-state index in [1.54, 1.807) is 0 Å². The highest BCUT2D eigenvalue weighted by molar-refractivity contribution is 7.71. The summed E-state index contributed by atoms with van der Waals surface area (Å²) < 4.78 is 2.39. The maximum absolute atomic E-state index is 13.1. The largest absolute Gasteiger partial charge is 0.332 e. The van der Waals surface area contributed by atoms with Gasteiger partial charge in [-0.1, -0.05) is 37.8 Å². The SMILES string of the molecule is O=c1c2ccccc2[nH]c(=S)n1CC1(N2CCCCC2)CCCCC1. The number of nitrogens with zero attached hydrogens (tertiary/aromatic N) is 2. The van der Waals surface area contributed by atoms with Crippen LogP contribution in [-0.2, 0) is 6.54 Å². The first-order chi connectivity index (χ1) is 12.2. The molecule has 0 amide bonds. The minimum atomic E-state index is 0.0568. The number of aromatic nitrogens is 2. The zero-order valence-corrected chi connectivity index (χ0v) is 15.6. The topological polar surface area (TPSA) is 41.0 Å². The Kier molecular flexibility index (Phi) is 4.78. The molecule has 4 rings (SSSR count). The third-order valence-electron chi connectivity index (χ3n) is 6.15. The maximum atomic E-state index is 13.1. The Morgan fingerprint density at radius 3 is 2.44 bits per heavy atom. The molecular weight excluding hydrogens is 330 g/mol. The summed E-state index contributed by atoms with van der Waals surface area (Å²) in [6.45, 7) is 3.06. The minimum absolute atomic E-state index is 0.0568. The lowest BCUT2D eigenvalue weighted by atomic mass is 9.79. The van der Waals surface area contributed by atoms with Crippen molar-refractivity contribution in [2.75, 3.05) is 13.1 Å². The van der Waals surface area contributed by atoms with E-state index in [1.807, 2.05) is 28.8 Å². The van der Waals surface area contributed by atoms with Gasteiger partial charge in [0.25, 0.3) is 5.56 Å². The molecule has 25 heavy (non-hydrogen) atoms. The Balaban J connectivity index is 1.76. The molecule has 2 aliphatic rings. The summed E-state index contributed by atoms with van der Waals surface area (Å²) in [7, 11) is 0. The molecule has 5 heteroatoms. The summed E-state index contributed by atoms with van der Waals surface area (Å²) in [4.78, 5) is 19.0. The van der Waals surface area contributed by atoms with Gasteiger partial charge >= 0.3 is 0 Å². The second kappa shape index (κ2) is 7.04. The first-order valence-electron chi connectivity index (χ1n) is 9.67. The smallest absolute Gasteiger partial charge is 0.262 e. The van der Waals surface area contributed by atoms with Gasteiger partial charge in [0, 0.05) is 12.1 Å². The maximum Gasteiger partial charge on any atom is 0.262 e. The van der Waals surface area contributed by atoms with E-state index < -0.39 is 0 Å². The zero-order valence-electron chi connectivity index (χ0n) is 14.8. The lowest BCUT2D eigenvalue weighted by Gasteiger charge is -2.48. The number of H-pyrrole nitrogens is 1. The minimum Gasteiger partial charge on any atom is -0.332 e. The van der Waals surface area contributed by atoms with E-state index in [2.05, 4.69) is 9.88 Å². The van der Waals surface area contributed by atoms with Crippen molar-refractivity contribution in [2.45, 2.75) is 63.5 Å². The first-order valence-corrected chi connectivity index (χ1v) is 10.1. The van der Waals surface area contributed by atoms with Gasteiger partial charge in [-0.3, -0.25) is 14.3 Å². The summed E-state index contributed by atoms with van der Waals surface area (Å²) in [6, 6.07) is 7.69. The molecule has 1 N–H and O–H groups in total. The van der Waals surface area contributed by atoms with E-state index >= 15 is 0 Å². The molecule has 1 aromatic carbocycles. The molecule has 0 spiro atoms. The number of hydrogen-bond donors (Lipinski definition) is 1. The van der Waals surface area contributed by atoms with Crippen LogP contribution in [0, 0.1) is 4.77 Å². The predicted octanol–water partition coefficient (Wildman–Crippen LogP) is 4.25. The number of nitrogens with one attached hydrogen (secondary N) is 1. The predicted molar refractivity (Wildman–Crippen MR) is 105 cm³/mol. The number of fused-ring (bicyclic) bond motifs is 1. The van der Waals surface area contributed by atoms with Gasteiger partial charge in [0.1, 0.15) is 0 Å². The second-order valence-electron chi connectivity index (χ2n) is 7.70. The Morgan fingerprint density at radius 2 is 1.68 bits per heavy atom. The molecule has 1 saturated carbocycles. The fourth-order valence-electron chi connectivity index (χ4n) is 4.79. The number of rotatable bonds is 3. The van der Waals surface area contributed by atoms with E-state index in [0.717, 1.165) is 17.4 Å². The van der Waals surface area contributed by atoms with Gasteiger partial charge in [-0.25, -0.2) is 0 Å². The van der Waals surface area contributed by atoms with Crippen LogP contribution in [-0.4, -0.2) is 33.1 Å². The molecule has 134 valence electrons. The first kappa shape index (κ1) is 17.0. The van der Waals surface area contributed by atoms with Gasteiger partial charge < -0.3 is 4.98 Å². The molecule has 0 radical (unpaired) electrons. The van der Waals surface area contributed by atoms with Crippen LogP contribution < -0.4 is 5.56 Å². The molecule has 1 aromatic heterocycles. The third kappa shape index (κ3) is 3.20. The average molecular weight is 358 g/mol.